The Labute approximate surface area is 28.8 Å². The van der Waals surface area contributed by atoms with Crippen molar-refractivity contribution in [1.29, 1.82) is 0 Å². The van der Waals surface area contributed by atoms with E-state index >= 15 is 0 Å². The van der Waals surface area contributed by atoms with Gasteiger partial charge in [0.2, 0.25) is 0 Å². The van der Waals surface area contributed by atoms with Gasteiger partial charge in [-0.05, 0) is 0 Å². The maximum Gasteiger partial charge on any atom is 0.150 e. The monoisotopic (exact) mass is 53.1 g/mol. The fourth-order valence-corrected chi connectivity index (χ4v) is 0. The molecule has 0 radical (unpaired) electrons. The molecule has 0 unspecified atom stereocenters. The van der Waals surface area contributed by atoms with Crippen LogP contribution < -0.4 is 5.64 Å². The predicted molar refractivity (Wildman–Crippen MR) is 27.0 cm³/mol. The van der Waals surface area contributed by atoms with E-state index in [2.05, 4.69) is 7.74 Å². The van der Waals surface area contributed by atoms with E-state index in [1.165, 1.54) is 0 Å². The van der Waals surface area contributed by atoms with Crippen LogP contribution in [0.4, 0.5) is 0 Å². The lowest BCUT2D eigenvalue weighted by molar-refractivity contribution is 1.98. The summed E-state index contributed by atoms with van der Waals surface area (Å²) in [6.07, 6.45) is 0. The molecule has 0 aliphatic heterocycles. The highest BCUT2D eigenvalue weighted by Gasteiger charge is 1.67. The Hall–Kier alpha value is 0.155. The summed E-state index contributed by atoms with van der Waals surface area (Å²) in [6.45, 7) is 0. The molecule has 4 heavy (non-hydrogen) atoms. The molecule has 1 nitrogen and oxygen atoms in total. The third-order valence-corrected chi connectivity index (χ3v) is 0.289. The van der Waals surface area contributed by atoms with Crippen LogP contribution in [0.25, 0.3) is 0 Å². The first-order valence-electron chi connectivity index (χ1n) is 1.62. The largest absolute Gasteiger partial charge is 0.380 e. The maximum absolute atomic E-state index is 5.03. The van der Waals surface area contributed by atoms with Gasteiger partial charge >= 0.3 is 0 Å². The van der Waals surface area contributed by atoms with Crippen LogP contribution in [-0.4, -0.2) is 22.1 Å². The number of hydrogen-bond donors (Lipinski definition) is 1. The Kier molecular flexibility index (Phi) is 3.28. The molecule has 0 aliphatic carbocycles. The van der Waals surface area contributed by atoms with E-state index in [9.17, 15) is 0 Å². The Bertz CT molecular complexity index is 5.25. The van der Waals surface area contributed by atoms with Crippen molar-refractivity contribution in [2.24, 2.45) is 5.64 Å². The Morgan fingerprint density at radius 3 is 2.00 bits per heavy atom. The van der Waals surface area contributed by atoms with Crippen molar-refractivity contribution in [3.8, 4) is 0 Å². The molecule has 0 aromatic carbocycles. The minimum atomic E-state index is 0.819. The number of hydrogen-bond acceptors (Lipinski definition) is 1. The van der Waals surface area contributed by atoms with Gasteiger partial charge in [-0.2, -0.15) is 0 Å². The summed E-state index contributed by atoms with van der Waals surface area (Å²) in [6, 6.07) is 0. The standard InChI is InChI=1S/B3H6N/c1-2-3-4/h2-3H,1,4H2. The van der Waals surface area contributed by atoms with Crippen LogP contribution in [0.1, 0.15) is 0 Å². The van der Waals surface area contributed by atoms with Gasteiger partial charge in [0.25, 0.3) is 0 Å². The highest BCUT2D eigenvalue weighted by Crippen LogP contribution is 1.17. The lowest BCUT2D eigenvalue weighted by Crippen LogP contribution is -2.13. The van der Waals surface area contributed by atoms with Gasteiger partial charge in [-0.25, -0.2) is 0 Å². The van der Waals surface area contributed by atoms with Crippen LogP contribution in [0.5, 0.6) is 0 Å². The van der Waals surface area contributed by atoms with Crippen LogP contribution in [0.3, 0.4) is 0 Å². The highest BCUT2D eigenvalue weighted by atomic mass is 14.3. The van der Waals surface area contributed by atoms with E-state index in [1.807, 2.05) is 0 Å². The zero-order valence-electron chi connectivity index (χ0n) is 2.99. The third-order valence-electron chi connectivity index (χ3n) is 0.289. The topological polar surface area (TPSA) is 26.0 Å². The minimum Gasteiger partial charge on any atom is -0.380 e. The molecule has 0 rings (SSSR count). The summed E-state index contributed by atoms with van der Waals surface area (Å²) in [5.74, 6) is 0. The summed E-state index contributed by atoms with van der Waals surface area (Å²) in [5, 5.41) is 0. The summed E-state index contributed by atoms with van der Waals surface area (Å²) >= 11 is 0. The van der Waals surface area contributed by atoms with Crippen molar-refractivity contribution in [3.05, 3.63) is 0 Å². The number of nitrogens with two attached hydrogens (primary N) is 1. The second kappa shape index (κ2) is 3.15. The molecule has 0 aliphatic rings. The summed E-state index contributed by atoms with van der Waals surface area (Å²) in [7, 11) is 3.97. The van der Waals surface area contributed by atoms with Crippen molar-refractivity contribution >= 4 is 22.1 Å². The molecule has 0 heterocycles. The molecule has 4 heteroatoms. The van der Waals surface area contributed by atoms with E-state index in [-0.39, 0.29) is 0 Å². The Balaban J connectivity index is 1.97. The van der Waals surface area contributed by atoms with Crippen LogP contribution >= 0.6 is 0 Å². The molecule has 0 saturated heterocycles. The fraction of sp³-hybridized carbons (Fsp3) is 0. The molecule has 0 atom stereocenters. The first kappa shape index (κ1) is 4.15. The zero-order chi connectivity index (χ0) is 3.41. The van der Waals surface area contributed by atoms with E-state index in [1.54, 1.807) is 0 Å². The van der Waals surface area contributed by atoms with Crippen molar-refractivity contribution in [2.45, 2.75) is 0 Å². The molecule has 0 spiro atoms. The van der Waals surface area contributed by atoms with E-state index in [0.29, 0.717) is 0 Å². The molecular formula is H6B3N. The lowest BCUT2D eigenvalue weighted by Gasteiger charge is -1.60. The van der Waals surface area contributed by atoms with Crippen LogP contribution in [0.15, 0.2) is 0 Å². The second-order valence-electron chi connectivity index (χ2n) is 0.789. The van der Waals surface area contributed by atoms with Crippen LogP contribution in [0.2, 0.25) is 0 Å². The van der Waals surface area contributed by atoms with Gasteiger partial charge in [-0.15, -0.1) is 0 Å². The highest BCUT2D eigenvalue weighted by molar-refractivity contribution is 7.22. The van der Waals surface area contributed by atoms with Gasteiger partial charge in [0, 0.05) is 0 Å². The third kappa shape index (κ3) is 2.15. The van der Waals surface area contributed by atoms with Gasteiger partial charge < -0.3 is 5.64 Å². The molecule has 0 fully saturated rings. The van der Waals surface area contributed by atoms with Gasteiger partial charge in [-0.1, -0.05) is 0 Å². The molecule has 2 N–H and O–H groups in total. The molecule has 0 amide bonds. The fourth-order valence-electron chi connectivity index (χ4n) is 0. The average molecular weight is 52.5 g/mol. The van der Waals surface area contributed by atoms with E-state index in [4.69, 9.17) is 5.64 Å². The van der Waals surface area contributed by atoms with Crippen molar-refractivity contribution in [1.82, 2.24) is 0 Å². The minimum absolute atomic E-state index is 0.819. The second-order valence-corrected chi connectivity index (χ2v) is 0.789. The van der Waals surface area contributed by atoms with Crippen LogP contribution in [-0.2, 0) is 0 Å². The smallest absolute Gasteiger partial charge is 0.150 e. The molecular weight excluding hydrogens is 46.4 g/mol. The van der Waals surface area contributed by atoms with E-state index < -0.39 is 0 Å². The van der Waals surface area contributed by atoms with E-state index in [0.717, 1.165) is 14.4 Å². The average Bonchev–Trinajstić information content (AvgIpc) is 1.37. The summed E-state index contributed by atoms with van der Waals surface area (Å²) in [5.41, 5.74) is 5.03. The molecule has 0 aromatic heterocycles. The van der Waals surface area contributed by atoms with Gasteiger partial charge in [0.1, 0.15) is 7.31 Å². The van der Waals surface area contributed by atoms with Gasteiger partial charge in [0.05, 0.1) is 14.8 Å². The quantitative estimate of drug-likeness (QED) is 0.320. The Morgan fingerprint density at radius 1 is 1.75 bits per heavy atom. The van der Waals surface area contributed by atoms with Crippen molar-refractivity contribution in [3.63, 3.8) is 0 Å². The van der Waals surface area contributed by atoms with Gasteiger partial charge in [-0.3, -0.25) is 0 Å². The Morgan fingerprint density at radius 2 is 2.00 bits per heavy atom. The molecule has 20 valence electrons. The van der Waals surface area contributed by atoms with Crippen molar-refractivity contribution in [2.75, 3.05) is 0 Å². The lowest BCUT2D eigenvalue weighted by atomic mass is 9.34. The zero-order valence-corrected chi connectivity index (χ0v) is 2.99. The summed E-state index contributed by atoms with van der Waals surface area (Å²) < 4.78 is 0. The summed E-state index contributed by atoms with van der Waals surface area (Å²) in [4.78, 5) is 0. The first-order chi connectivity index (χ1) is 1.91. The predicted octanol–water partition coefficient (Wildman–Crippen LogP) is -2.80. The maximum atomic E-state index is 5.03. The molecule has 0 saturated carbocycles. The number of rotatable bonds is 1. The van der Waals surface area contributed by atoms with Crippen molar-refractivity contribution < 1.29 is 0 Å². The van der Waals surface area contributed by atoms with Gasteiger partial charge in [0.15, 0.2) is 0 Å². The first-order valence-corrected chi connectivity index (χ1v) is 1.62. The normalized spacial score (nSPS) is 5.25. The molecule has 0 aromatic rings. The van der Waals surface area contributed by atoms with Crippen LogP contribution in [0, 0.1) is 0 Å². The molecule has 0 bridgehead atoms. The SMILES string of the molecule is BBBN.